The van der Waals surface area contributed by atoms with Gasteiger partial charge in [0.15, 0.2) is 10.9 Å². The lowest BCUT2D eigenvalue weighted by Crippen LogP contribution is -2.40. The van der Waals surface area contributed by atoms with E-state index < -0.39 is 22.7 Å². The molecule has 5 aliphatic rings. The molecule has 5 heterocycles. The van der Waals surface area contributed by atoms with Crippen LogP contribution < -0.4 is 0 Å². The van der Waals surface area contributed by atoms with Gasteiger partial charge in [0.05, 0.1) is 61.4 Å². The van der Waals surface area contributed by atoms with Gasteiger partial charge in [0.1, 0.15) is 44.7 Å². The van der Waals surface area contributed by atoms with Crippen LogP contribution in [0.3, 0.4) is 0 Å². The lowest BCUT2D eigenvalue weighted by Gasteiger charge is -2.32. The molecule has 0 spiro atoms. The number of hydrogen-bond acceptors (Lipinski definition) is 28. The maximum absolute atomic E-state index is 11.7. The number of allylic oxidation sites excluding steroid dienone is 2. The molecular weight excluding hydrogens is 1680 g/mol. The van der Waals surface area contributed by atoms with Gasteiger partial charge in [0.25, 0.3) is 0 Å². The highest BCUT2D eigenvalue weighted by Crippen LogP contribution is 2.31. The second-order valence-electron chi connectivity index (χ2n) is 26.8. The van der Waals surface area contributed by atoms with Crippen molar-refractivity contribution >= 4 is 239 Å². The van der Waals surface area contributed by atoms with Crippen molar-refractivity contribution in [1.82, 2.24) is 4.90 Å². The Morgan fingerprint density at radius 2 is 1.22 bits per heavy atom. The molecule has 0 aromatic rings. The molecule has 13 atom stereocenters. The third kappa shape index (κ3) is 69.7. The molecule has 0 aliphatic carbocycles. The van der Waals surface area contributed by atoms with Gasteiger partial charge in [-0.15, -0.1) is 36.5 Å². The smallest absolute Gasteiger partial charge is 0.380 e. The summed E-state index contributed by atoms with van der Waals surface area (Å²) in [5, 5.41) is 27.9. The van der Waals surface area contributed by atoms with Gasteiger partial charge in [0.2, 0.25) is 29.5 Å². The number of ketones is 2. The van der Waals surface area contributed by atoms with Crippen molar-refractivity contribution in [2.45, 2.75) is 238 Å². The number of ether oxygens (including phenoxy) is 4. The van der Waals surface area contributed by atoms with E-state index in [4.69, 9.17) is 68.8 Å². The summed E-state index contributed by atoms with van der Waals surface area (Å²) in [6, 6.07) is 0.306. The van der Waals surface area contributed by atoms with Crippen molar-refractivity contribution in [3.63, 3.8) is 0 Å². The maximum Gasteiger partial charge on any atom is 0.380 e. The molecule has 0 bridgehead atoms. The van der Waals surface area contributed by atoms with E-state index in [1.807, 2.05) is 6.92 Å². The summed E-state index contributed by atoms with van der Waals surface area (Å²) in [4.78, 5) is 67.2. The number of aliphatic hydroxyl groups excluding tert-OH is 3. The molecule has 21 nitrogen and oxygen atoms in total. The fraction of sp³-hybridized carbons (Fsp3) is 0.712. The van der Waals surface area contributed by atoms with E-state index in [1.165, 1.54) is 24.1 Å². The molecule has 1 amide bonds. The number of nitrogens with zero attached hydrogens (tertiary/aromatic N) is 1. The Balaban J connectivity index is -0.00000118. The molecule has 42 heteroatoms. The number of hydrogen-bond donors (Lipinski definition) is 7. The average molecular weight is 1810 g/mol. The zero-order valence-corrected chi connectivity index (χ0v) is 80.3. The summed E-state index contributed by atoms with van der Waals surface area (Å²) < 4.78 is 65.4. The minimum atomic E-state index is -1.50. The quantitative estimate of drug-likeness (QED) is 0.00348. The Morgan fingerprint density at radius 1 is 0.750 bits per heavy atom. The summed E-state index contributed by atoms with van der Waals surface area (Å²) in [6.07, 6.45) is 17.8. The van der Waals surface area contributed by atoms with Gasteiger partial charge in [-0.25, -0.2) is 4.21 Å². The predicted molar refractivity (Wildman–Crippen MR) is 495 cm³/mol. The van der Waals surface area contributed by atoms with E-state index in [-0.39, 0.29) is 102 Å². The molecule has 5 aliphatic heterocycles. The van der Waals surface area contributed by atoms with Gasteiger partial charge in [-0.3, -0.25) is 24.1 Å². The summed E-state index contributed by atoms with van der Waals surface area (Å²) in [5.74, 6) is 3.63. The van der Waals surface area contributed by atoms with E-state index in [2.05, 4.69) is 173 Å². The molecule has 1 radical (unpaired) electrons. The Labute approximate surface area is 705 Å². The van der Waals surface area contributed by atoms with Gasteiger partial charge in [-0.1, -0.05) is 132 Å². The summed E-state index contributed by atoms with van der Waals surface area (Å²) in [5.41, 5.74) is 2.32. The van der Waals surface area contributed by atoms with Crippen LogP contribution in [0, 0.1) is 5.92 Å². The van der Waals surface area contributed by atoms with Crippen molar-refractivity contribution in [3.8, 4) is 0 Å². The van der Waals surface area contributed by atoms with Crippen molar-refractivity contribution < 1.29 is 94.7 Å². The number of Topliss-reactive ketones (excluding diaryl/α,β-unsaturated/α-hetero) is 1. The number of amides is 1. The van der Waals surface area contributed by atoms with Crippen LogP contribution in [-0.2, 0) is 86.0 Å². The van der Waals surface area contributed by atoms with Crippen LogP contribution in [0.2, 0.25) is 45.6 Å². The summed E-state index contributed by atoms with van der Waals surface area (Å²) >= 11 is 26.0. The van der Waals surface area contributed by atoms with Crippen LogP contribution >= 0.6 is 141 Å². The monoisotopic (exact) mass is 1800 g/mol. The SMILES string of the molecule is C=C(/C=C/CO)O[Si](C)(C)C.C=C(O[Si](C)(C)C)SCC.C=C1C[C@H](CC=O)O[C@@H](CCOB(P)S)C1.C=C1C[C@H](C[C@@H](O)CCO)O[C@@H](CCOB(P)S)C1.CC(=O)N1C(=S)SC[C@H]1C(C)C.CCSC(=O)C[C@H]1CC(=O)C[C@H](CCOB(P)S)O1.O=C1C=CO[C@@H](CCOB(P)S)C1.O=CCC[B]P=S=O. The molecule has 0 aromatic carbocycles. The third-order valence-corrected chi connectivity index (χ3v) is 21.6. The lowest BCUT2D eigenvalue weighted by molar-refractivity contribution is -0.138. The molecule has 4 unspecified atom stereocenters. The highest BCUT2D eigenvalue weighted by Gasteiger charge is 2.34. The standard InChI is InChI=1S/C12H24BO4PS.C11H20BO4PS2.C10H18BO3PS.C8H13NOS2.C8H16O2Si.C7H12BO3PS.C7H16OSSi.C3H5BO2PS/c1-9-6-11(3-5-16-13(18)19)17-12(7-9)8-10(15)2-4-14;1-2-19-11(14)7-10-6-8(13)5-9(16-10)3-4-15-12(17)18;1-8-6-9(2-4-12)14-10(7-8)3-5-13-11(15)16;1-5(2)7-4-12-8(11)9(7)6(3)10;1-8(6-5-7-9)10-11(2,3)4;9-6-1-3-10-7(5-6)2-4-11-8(12)13;1-6-9-7(2)8-10(3,4)5;5-3-1-2-4-7-8-6/h10-12,14-15,19H,1-8,18H2;9-10,18H,2-7,17H2,1H3;4,9-10,16H,1-3,5-7,15H2;5,7H,4H2,1-3H3;5-6,9H,1,7H2,2-4H3;1,3,7,13H,2,4-5,12H2;2,6H2,1,3-5H3;3H,1-2H2/b;;;;6-5+;;;/t10-,11-,12+;9-,10+;9-,10-;7-;;7-;;/m0000.0../s1. The fourth-order valence-electron chi connectivity index (χ4n) is 9.82. The first-order valence-electron chi connectivity index (χ1n) is 35.8. The van der Waals surface area contributed by atoms with E-state index in [0.29, 0.717) is 120 Å². The zero-order chi connectivity index (χ0) is 82.8. The zero-order valence-electron chi connectivity index (χ0n) is 65.2. The average Bonchev–Trinajstić information content (AvgIpc) is 1.63. The summed E-state index contributed by atoms with van der Waals surface area (Å²) in [6.45, 7) is 42.2. The highest BCUT2D eigenvalue weighted by atomic mass is 32.4. The molecule has 615 valence electrons. The minimum Gasteiger partial charge on any atom is -0.545 e. The molecule has 5 rings (SSSR count). The Morgan fingerprint density at radius 3 is 1.65 bits per heavy atom. The Hall–Kier alpha value is 0.598. The number of thioether (sulfide) groups is 3. The second kappa shape index (κ2) is 69.5. The van der Waals surface area contributed by atoms with Crippen molar-refractivity contribution in [2.75, 3.05) is 56.9 Å². The molecular formula is C66H124B5NO20P5S9Si2. The van der Waals surface area contributed by atoms with Gasteiger partial charge >= 0.3 is 23.7 Å². The van der Waals surface area contributed by atoms with Crippen molar-refractivity contribution in [3.05, 3.63) is 72.8 Å². The number of rotatable bonds is 38. The largest absolute Gasteiger partial charge is 0.545 e. The first-order chi connectivity index (χ1) is 50.7. The van der Waals surface area contributed by atoms with E-state index in [0.717, 1.165) is 102 Å². The third-order valence-electron chi connectivity index (χ3n) is 14.2. The highest BCUT2D eigenvalue weighted by molar-refractivity contribution is 8.24. The predicted octanol–water partition coefficient (Wildman–Crippen LogP) is 13.9. The fourth-order valence-corrected chi connectivity index (χ4v) is 16.8. The Bertz CT molecular complexity index is 2710. The van der Waals surface area contributed by atoms with Crippen LogP contribution in [0.25, 0.3) is 0 Å². The topological polar surface area (TPSA) is 276 Å². The number of thiocarbonyl (C=S) groups is 1. The molecule has 0 saturated carbocycles. The number of aliphatic hydroxyl groups is 3. The number of carbonyl (C=O) groups is 6. The van der Waals surface area contributed by atoms with Gasteiger partial charge in [-0.05, 0) is 127 Å². The van der Waals surface area contributed by atoms with Crippen LogP contribution in [-0.4, -0.2) is 223 Å². The van der Waals surface area contributed by atoms with Gasteiger partial charge in [-0.2, -0.15) is 49.9 Å². The van der Waals surface area contributed by atoms with Crippen molar-refractivity contribution in [1.29, 1.82) is 0 Å². The van der Waals surface area contributed by atoms with E-state index in [9.17, 15) is 38.1 Å². The molecule has 4 saturated heterocycles. The first-order valence-corrected chi connectivity index (χ1v) is 53.0. The summed E-state index contributed by atoms with van der Waals surface area (Å²) in [7, 11) is 8.12. The van der Waals surface area contributed by atoms with Gasteiger partial charge < -0.3 is 71.3 Å². The second-order valence-corrected chi connectivity index (χ2v) is 48.5. The van der Waals surface area contributed by atoms with Crippen molar-refractivity contribution in [2.24, 2.45) is 5.92 Å². The molecule has 3 N–H and O–H groups in total. The minimum absolute atomic E-state index is 0.00357. The Kier molecular flexibility index (Phi) is 72.6. The molecule has 4 fully saturated rings. The van der Waals surface area contributed by atoms with E-state index in [1.54, 1.807) is 54.5 Å². The number of aldehydes is 2. The van der Waals surface area contributed by atoms with Crippen LogP contribution in [0.5, 0.6) is 0 Å². The number of thiol groups is 4. The molecule has 0 aromatic heterocycles. The molecule has 108 heavy (non-hydrogen) atoms. The normalized spacial score (nSPS) is 20.5. The number of carbonyl (C=O) groups excluding carboxylic acids is 6. The van der Waals surface area contributed by atoms with Crippen LogP contribution in [0.15, 0.2) is 72.8 Å². The van der Waals surface area contributed by atoms with E-state index >= 15 is 0 Å². The van der Waals surface area contributed by atoms with Crippen LogP contribution in [0.1, 0.15) is 137 Å². The lowest BCUT2D eigenvalue weighted by atomic mass is 9.94. The van der Waals surface area contributed by atoms with Crippen LogP contribution in [0.4, 0.5) is 0 Å². The van der Waals surface area contributed by atoms with Gasteiger partial charge in [0, 0.05) is 96.4 Å². The first kappa shape index (κ1) is 113. The maximum atomic E-state index is 11.7.